The number of benzene rings is 1. The zero-order valence-electron chi connectivity index (χ0n) is 24.1. The van der Waals surface area contributed by atoms with Gasteiger partial charge in [-0.25, -0.2) is 8.42 Å². The molecule has 1 heterocycles. The molecule has 0 radical (unpaired) electrons. The Hall–Kier alpha value is -0.430. The molecule has 0 amide bonds. The Morgan fingerprint density at radius 3 is 1.54 bits per heavy atom. The third kappa shape index (κ3) is 14.5. The number of quaternary nitrogens is 1. The van der Waals surface area contributed by atoms with Crippen molar-refractivity contribution in [1.82, 2.24) is 4.31 Å². The van der Waals surface area contributed by atoms with Gasteiger partial charge in [0.05, 0.1) is 38.5 Å². The predicted octanol–water partition coefficient (Wildman–Crippen LogP) is 4.93. The van der Waals surface area contributed by atoms with E-state index < -0.39 is 10.0 Å². The molecular formula is C31H57BrN2O2S. The molecular weight excluding hydrogens is 544 g/mol. The zero-order valence-corrected chi connectivity index (χ0v) is 26.5. The SMILES string of the molecule is CCCCCCCCCCCCCCCCCCS(=O)(=O)N1CC[N+](CC)(Cc2ccccc2)CC1.[Br-]. The molecule has 37 heavy (non-hydrogen) atoms. The van der Waals surface area contributed by atoms with Gasteiger partial charge in [-0.05, 0) is 13.3 Å². The van der Waals surface area contributed by atoms with Crippen LogP contribution in [0.3, 0.4) is 0 Å². The lowest BCUT2D eigenvalue weighted by Crippen LogP contribution is -3.00. The van der Waals surface area contributed by atoms with Crippen molar-refractivity contribution in [2.45, 2.75) is 123 Å². The number of halogens is 1. The fourth-order valence-corrected chi connectivity index (χ4v) is 7.21. The predicted molar refractivity (Wildman–Crippen MR) is 156 cm³/mol. The van der Waals surface area contributed by atoms with Gasteiger partial charge in [0, 0.05) is 5.56 Å². The van der Waals surface area contributed by atoms with Crippen LogP contribution in [-0.4, -0.2) is 55.7 Å². The van der Waals surface area contributed by atoms with Crippen molar-refractivity contribution in [3.8, 4) is 0 Å². The average Bonchev–Trinajstić information content (AvgIpc) is 2.89. The largest absolute Gasteiger partial charge is 1.00 e. The minimum absolute atomic E-state index is 0. The number of sulfonamides is 1. The highest BCUT2D eigenvalue weighted by Crippen LogP contribution is 2.21. The molecule has 0 N–H and O–H groups in total. The molecule has 1 fully saturated rings. The Kier molecular flexibility index (Phi) is 19.1. The lowest BCUT2D eigenvalue weighted by Gasteiger charge is -2.44. The van der Waals surface area contributed by atoms with Crippen LogP contribution in [-0.2, 0) is 16.6 Å². The quantitative estimate of drug-likeness (QED) is 0.148. The molecule has 2 rings (SSSR count). The van der Waals surface area contributed by atoms with E-state index >= 15 is 0 Å². The molecule has 1 saturated heterocycles. The molecule has 1 aliphatic heterocycles. The number of unbranched alkanes of at least 4 members (excludes halogenated alkanes) is 15. The van der Waals surface area contributed by atoms with Crippen LogP contribution in [0.15, 0.2) is 30.3 Å². The van der Waals surface area contributed by atoms with E-state index in [2.05, 4.69) is 44.2 Å². The average molecular weight is 602 g/mol. The van der Waals surface area contributed by atoms with E-state index in [0.29, 0.717) is 18.8 Å². The minimum Gasteiger partial charge on any atom is -1.00 e. The minimum atomic E-state index is -3.11. The molecule has 1 aromatic carbocycles. The number of hydrogen-bond donors (Lipinski definition) is 0. The van der Waals surface area contributed by atoms with E-state index in [4.69, 9.17) is 0 Å². The second-order valence-corrected chi connectivity index (χ2v) is 13.4. The monoisotopic (exact) mass is 600 g/mol. The summed E-state index contributed by atoms with van der Waals surface area (Å²) in [6.45, 7) is 9.76. The Labute approximate surface area is 241 Å². The Morgan fingerprint density at radius 2 is 1.11 bits per heavy atom. The molecule has 1 aliphatic rings. The highest BCUT2D eigenvalue weighted by atomic mass is 79.9. The first-order chi connectivity index (χ1) is 17.5. The molecule has 6 heteroatoms. The highest BCUT2D eigenvalue weighted by Gasteiger charge is 2.35. The van der Waals surface area contributed by atoms with Gasteiger partial charge in [0.1, 0.15) is 6.54 Å². The van der Waals surface area contributed by atoms with Crippen LogP contribution in [0, 0.1) is 0 Å². The number of likely N-dealkylation sites (N-methyl/N-ethyl adjacent to an activating group) is 1. The van der Waals surface area contributed by atoms with Gasteiger partial charge in [-0.2, -0.15) is 4.31 Å². The number of rotatable bonds is 21. The van der Waals surface area contributed by atoms with Crippen LogP contribution < -0.4 is 17.0 Å². The highest BCUT2D eigenvalue weighted by molar-refractivity contribution is 7.89. The summed E-state index contributed by atoms with van der Waals surface area (Å²) in [5, 5.41) is 0. The first kappa shape index (κ1) is 34.6. The lowest BCUT2D eigenvalue weighted by molar-refractivity contribution is -0.942. The Morgan fingerprint density at radius 1 is 0.676 bits per heavy atom. The molecule has 0 aromatic heterocycles. The summed E-state index contributed by atoms with van der Waals surface area (Å²) in [5.74, 6) is 0.330. The van der Waals surface area contributed by atoms with Gasteiger partial charge in [-0.15, -0.1) is 0 Å². The van der Waals surface area contributed by atoms with Gasteiger partial charge in [-0.1, -0.05) is 134 Å². The number of hydrogen-bond acceptors (Lipinski definition) is 2. The molecule has 0 unspecified atom stereocenters. The van der Waals surface area contributed by atoms with Crippen LogP contribution in [0.1, 0.15) is 122 Å². The van der Waals surface area contributed by atoms with Gasteiger partial charge in [0.25, 0.3) is 0 Å². The van der Waals surface area contributed by atoms with Crippen LogP contribution in [0.2, 0.25) is 0 Å². The second-order valence-electron chi connectivity index (χ2n) is 11.3. The first-order valence-corrected chi connectivity index (χ1v) is 17.0. The molecule has 0 saturated carbocycles. The maximum Gasteiger partial charge on any atom is 0.214 e. The number of nitrogens with zero attached hydrogens (tertiary/aromatic N) is 2. The second kappa shape index (κ2) is 20.5. The van der Waals surface area contributed by atoms with Gasteiger partial charge in [-0.3, -0.25) is 0 Å². The van der Waals surface area contributed by atoms with Crippen molar-refractivity contribution in [2.24, 2.45) is 0 Å². The van der Waals surface area contributed by atoms with Crippen LogP contribution in [0.25, 0.3) is 0 Å². The molecule has 0 atom stereocenters. The summed E-state index contributed by atoms with van der Waals surface area (Å²) >= 11 is 0. The van der Waals surface area contributed by atoms with Crippen LogP contribution in [0.4, 0.5) is 0 Å². The van der Waals surface area contributed by atoms with Gasteiger partial charge in [0.15, 0.2) is 0 Å². The van der Waals surface area contributed by atoms with E-state index in [1.165, 1.54) is 95.5 Å². The Bertz CT molecular complexity index is 765. The van der Waals surface area contributed by atoms with Gasteiger partial charge in [0.2, 0.25) is 10.0 Å². The fourth-order valence-electron chi connectivity index (χ4n) is 5.67. The van der Waals surface area contributed by atoms with E-state index in [1.54, 1.807) is 4.31 Å². The zero-order chi connectivity index (χ0) is 26.0. The summed E-state index contributed by atoms with van der Waals surface area (Å²) in [7, 11) is -3.11. The van der Waals surface area contributed by atoms with E-state index in [9.17, 15) is 8.42 Å². The van der Waals surface area contributed by atoms with Crippen molar-refractivity contribution in [2.75, 3.05) is 38.5 Å². The third-order valence-corrected chi connectivity index (χ3v) is 10.3. The topological polar surface area (TPSA) is 37.4 Å². The lowest BCUT2D eigenvalue weighted by atomic mass is 10.0. The van der Waals surface area contributed by atoms with Crippen molar-refractivity contribution in [3.05, 3.63) is 35.9 Å². The van der Waals surface area contributed by atoms with Crippen molar-refractivity contribution in [3.63, 3.8) is 0 Å². The molecule has 0 spiro atoms. The number of piperazine rings is 1. The summed E-state index contributed by atoms with van der Waals surface area (Å²) in [5.41, 5.74) is 1.35. The molecule has 216 valence electrons. The summed E-state index contributed by atoms with van der Waals surface area (Å²) in [4.78, 5) is 0. The third-order valence-electron chi connectivity index (χ3n) is 8.33. The van der Waals surface area contributed by atoms with Crippen molar-refractivity contribution in [1.29, 1.82) is 0 Å². The van der Waals surface area contributed by atoms with E-state index in [-0.39, 0.29) is 17.0 Å². The van der Waals surface area contributed by atoms with Crippen molar-refractivity contribution < 1.29 is 29.9 Å². The summed E-state index contributed by atoms with van der Waals surface area (Å²) in [6, 6.07) is 10.6. The summed E-state index contributed by atoms with van der Waals surface area (Å²) in [6.07, 6.45) is 21.0. The molecule has 0 aliphatic carbocycles. The van der Waals surface area contributed by atoms with Gasteiger partial charge >= 0.3 is 0 Å². The smallest absolute Gasteiger partial charge is 0.214 e. The Balaban J connectivity index is 0.00000684. The van der Waals surface area contributed by atoms with Crippen LogP contribution >= 0.6 is 0 Å². The van der Waals surface area contributed by atoms with E-state index in [0.717, 1.165) is 43.5 Å². The van der Waals surface area contributed by atoms with E-state index in [1.807, 2.05) is 0 Å². The normalized spacial score (nSPS) is 15.9. The van der Waals surface area contributed by atoms with Crippen molar-refractivity contribution >= 4 is 10.0 Å². The standard InChI is InChI=1S/C31H57N2O2S.BrH/c1-3-5-6-7-8-9-10-11-12-13-14-15-16-17-18-22-29-36(34,35)32-25-27-33(4-2,28-26-32)30-31-23-20-19-21-24-31;/h19-21,23-24H,3-18,22,25-30H2,1-2H3;1H/q+1;/p-1. The first-order valence-electron chi connectivity index (χ1n) is 15.4. The van der Waals surface area contributed by atoms with Gasteiger partial charge < -0.3 is 21.5 Å². The maximum atomic E-state index is 12.9. The van der Waals surface area contributed by atoms with Crippen LogP contribution in [0.5, 0.6) is 0 Å². The maximum absolute atomic E-state index is 12.9. The summed E-state index contributed by atoms with van der Waals surface area (Å²) < 4.78 is 28.6. The molecule has 0 bridgehead atoms. The molecule has 1 aromatic rings. The molecule has 4 nitrogen and oxygen atoms in total. The fraction of sp³-hybridized carbons (Fsp3) is 0.806.